The minimum Gasteiger partial charge on any atom is -0.392 e. The molecule has 4 aromatic rings. The van der Waals surface area contributed by atoms with Crippen molar-refractivity contribution in [2.75, 3.05) is 19.6 Å². The third-order valence-corrected chi connectivity index (χ3v) is 9.12. The predicted octanol–water partition coefficient (Wildman–Crippen LogP) is 6.49. The van der Waals surface area contributed by atoms with E-state index in [0.717, 1.165) is 65.0 Å². The van der Waals surface area contributed by atoms with E-state index >= 15 is 0 Å². The van der Waals surface area contributed by atoms with Crippen molar-refractivity contribution in [3.05, 3.63) is 130 Å². The standard InChI is InChI=1S/C36H39ClN2O4/c37-31-15-13-30(14-16-31)36(41)17-19-39(20-18-36)23-32-21-34(27-7-5-25(24-40)6-8-27)43-35(42-32)28-11-9-26(10-12-28)33-4-2-1-3-29(33)22-38/h1-16,32,34-35,40-41H,17-24,38H2/t32-,34+,35+/m0/s1. The van der Waals surface area contributed by atoms with E-state index < -0.39 is 11.9 Å². The van der Waals surface area contributed by atoms with Crippen LogP contribution in [-0.4, -0.2) is 40.9 Å². The van der Waals surface area contributed by atoms with Gasteiger partial charge in [0.2, 0.25) is 0 Å². The molecule has 0 aliphatic carbocycles. The lowest BCUT2D eigenvalue weighted by Crippen LogP contribution is -2.46. The fraction of sp³-hybridized carbons (Fsp3) is 0.333. The van der Waals surface area contributed by atoms with Gasteiger partial charge in [-0.05, 0) is 58.4 Å². The topological polar surface area (TPSA) is 88.2 Å². The van der Waals surface area contributed by atoms with Crippen LogP contribution in [0, 0.1) is 0 Å². The number of piperidine rings is 1. The maximum absolute atomic E-state index is 11.4. The number of hydrogen-bond acceptors (Lipinski definition) is 6. The molecule has 2 aliphatic heterocycles. The van der Waals surface area contributed by atoms with Crippen LogP contribution in [0.15, 0.2) is 97.1 Å². The van der Waals surface area contributed by atoms with Crippen molar-refractivity contribution in [3.63, 3.8) is 0 Å². The van der Waals surface area contributed by atoms with Gasteiger partial charge >= 0.3 is 0 Å². The van der Waals surface area contributed by atoms with Crippen LogP contribution in [0.1, 0.15) is 59.5 Å². The molecule has 4 N–H and O–H groups in total. The first-order valence-corrected chi connectivity index (χ1v) is 15.4. The van der Waals surface area contributed by atoms with Gasteiger partial charge in [0.1, 0.15) is 0 Å². The maximum atomic E-state index is 11.4. The third kappa shape index (κ3) is 6.87. The smallest absolute Gasteiger partial charge is 0.184 e. The number of aliphatic hydroxyl groups excluding tert-OH is 1. The normalized spacial score (nSPS) is 22.4. The van der Waals surface area contributed by atoms with Gasteiger partial charge in [0, 0.05) is 43.2 Å². The largest absolute Gasteiger partial charge is 0.392 e. The Labute approximate surface area is 258 Å². The summed E-state index contributed by atoms with van der Waals surface area (Å²) in [5.41, 5.74) is 12.3. The van der Waals surface area contributed by atoms with E-state index in [4.69, 9.17) is 26.8 Å². The van der Waals surface area contributed by atoms with Crippen LogP contribution < -0.4 is 5.73 Å². The molecule has 4 aromatic carbocycles. The van der Waals surface area contributed by atoms with Gasteiger partial charge in [0.25, 0.3) is 0 Å². The Hall–Kier alpha value is -3.07. The number of rotatable bonds is 8. The summed E-state index contributed by atoms with van der Waals surface area (Å²) in [4.78, 5) is 2.39. The molecule has 2 aliphatic rings. The maximum Gasteiger partial charge on any atom is 0.184 e. The second kappa shape index (κ2) is 13.3. The molecule has 0 unspecified atom stereocenters. The van der Waals surface area contributed by atoms with Crippen molar-refractivity contribution in [1.29, 1.82) is 0 Å². The Balaban J connectivity index is 1.18. The van der Waals surface area contributed by atoms with Crippen LogP contribution in [0.5, 0.6) is 0 Å². The van der Waals surface area contributed by atoms with Gasteiger partial charge in [-0.25, -0.2) is 0 Å². The lowest BCUT2D eigenvalue weighted by Gasteiger charge is -2.42. The van der Waals surface area contributed by atoms with Crippen molar-refractivity contribution in [1.82, 2.24) is 4.90 Å². The summed E-state index contributed by atoms with van der Waals surface area (Å²) in [5.74, 6) is 0. The van der Waals surface area contributed by atoms with E-state index in [1.807, 2.05) is 60.7 Å². The first-order chi connectivity index (χ1) is 20.9. The highest BCUT2D eigenvalue weighted by Gasteiger charge is 2.37. The van der Waals surface area contributed by atoms with Crippen LogP contribution >= 0.6 is 11.6 Å². The summed E-state index contributed by atoms with van der Waals surface area (Å²) >= 11 is 6.07. The molecule has 2 fully saturated rings. The highest BCUT2D eigenvalue weighted by atomic mass is 35.5. The van der Waals surface area contributed by atoms with Gasteiger partial charge in [0.15, 0.2) is 6.29 Å². The molecule has 43 heavy (non-hydrogen) atoms. The number of likely N-dealkylation sites (tertiary alicyclic amines) is 1. The van der Waals surface area contributed by atoms with Crippen LogP contribution in [0.25, 0.3) is 11.1 Å². The van der Waals surface area contributed by atoms with Gasteiger partial charge in [-0.3, -0.25) is 0 Å². The average Bonchev–Trinajstić information content (AvgIpc) is 3.06. The predicted molar refractivity (Wildman–Crippen MR) is 169 cm³/mol. The molecular weight excluding hydrogens is 560 g/mol. The van der Waals surface area contributed by atoms with Gasteiger partial charge in [0.05, 0.1) is 24.4 Å². The number of nitrogens with two attached hydrogens (primary N) is 1. The van der Waals surface area contributed by atoms with E-state index in [2.05, 4.69) is 41.3 Å². The number of benzene rings is 4. The zero-order chi connectivity index (χ0) is 29.8. The fourth-order valence-electron chi connectivity index (χ4n) is 6.28. The number of nitrogens with zero attached hydrogens (tertiary/aromatic N) is 1. The second-order valence-corrected chi connectivity index (χ2v) is 12.1. The first kappa shape index (κ1) is 30.0. The summed E-state index contributed by atoms with van der Waals surface area (Å²) in [6.45, 7) is 2.80. The molecule has 0 spiro atoms. The van der Waals surface area contributed by atoms with E-state index in [1.54, 1.807) is 0 Å². The second-order valence-electron chi connectivity index (χ2n) is 11.7. The highest BCUT2D eigenvalue weighted by Crippen LogP contribution is 2.40. The molecule has 0 radical (unpaired) electrons. The van der Waals surface area contributed by atoms with Gasteiger partial charge in [-0.1, -0.05) is 96.5 Å². The molecule has 6 nitrogen and oxygen atoms in total. The molecule has 2 heterocycles. The molecule has 0 saturated carbocycles. The Morgan fingerprint density at radius 3 is 2.19 bits per heavy atom. The van der Waals surface area contributed by atoms with Gasteiger partial charge in [-0.2, -0.15) is 0 Å². The molecule has 224 valence electrons. The van der Waals surface area contributed by atoms with Crippen molar-refractivity contribution in [3.8, 4) is 11.1 Å². The Morgan fingerprint density at radius 2 is 1.51 bits per heavy atom. The SMILES string of the molecule is NCc1ccccc1-c1ccc([C@@H]2O[C@H](CN3CCC(O)(c4ccc(Cl)cc4)CC3)C[C@H](c3ccc(CO)cc3)O2)cc1. The minimum absolute atomic E-state index is 0.0110. The third-order valence-electron chi connectivity index (χ3n) is 8.87. The quantitative estimate of drug-likeness (QED) is 0.215. The summed E-state index contributed by atoms with van der Waals surface area (Å²) in [5, 5.41) is 21.6. The molecule has 7 heteroatoms. The molecule has 0 amide bonds. The summed E-state index contributed by atoms with van der Waals surface area (Å²) in [6, 6.07) is 32.1. The van der Waals surface area contributed by atoms with Crippen LogP contribution in [-0.2, 0) is 28.2 Å². The lowest BCUT2D eigenvalue weighted by molar-refractivity contribution is -0.253. The number of halogens is 1. The Bertz CT molecular complexity index is 1490. The van der Waals surface area contributed by atoms with E-state index in [-0.39, 0.29) is 18.8 Å². The van der Waals surface area contributed by atoms with Crippen molar-refractivity contribution < 1.29 is 19.7 Å². The molecule has 0 aromatic heterocycles. The number of aliphatic hydroxyl groups is 2. The molecule has 3 atom stereocenters. The van der Waals surface area contributed by atoms with Gasteiger partial charge < -0.3 is 30.3 Å². The number of hydrogen-bond donors (Lipinski definition) is 3. The minimum atomic E-state index is -0.846. The fourth-order valence-corrected chi connectivity index (χ4v) is 6.40. The first-order valence-electron chi connectivity index (χ1n) is 15.0. The summed E-state index contributed by atoms with van der Waals surface area (Å²) < 4.78 is 13.2. The van der Waals surface area contributed by atoms with Gasteiger partial charge in [-0.15, -0.1) is 0 Å². The van der Waals surface area contributed by atoms with E-state index in [1.165, 1.54) is 0 Å². The monoisotopic (exact) mass is 598 g/mol. The van der Waals surface area contributed by atoms with Crippen molar-refractivity contribution in [2.24, 2.45) is 5.73 Å². The highest BCUT2D eigenvalue weighted by molar-refractivity contribution is 6.30. The van der Waals surface area contributed by atoms with Crippen molar-refractivity contribution >= 4 is 11.6 Å². The average molecular weight is 599 g/mol. The van der Waals surface area contributed by atoms with Crippen LogP contribution in [0.4, 0.5) is 0 Å². The molecule has 2 saturated heterocycles. The summed E-state index contributed by atoms with van der Waals surface area (Å²) in [6.07, 6.45) is 1.30. The lowest BCUT2D eigenvalue weighted by atomic mass is 9.84. The zero-order valence-electron chi connectivity index (χ0n) is 24.2. The van der Waals surface area contributed by atoms with Crippen LogP contribution in [0.3, 0.4) is 0 Å². The Kier molecular flexibility index (Phi) is 9.26. The van der Waals surface area contributed by atoms with E-state index in [0.29, 0.717) is 24.4 Å². The Morgan fingerprint density at radius 1 is 0.837 bits per heavy atom. The van der Waals surface area contributed by atoms with E-state index in [9.17, 15) is 10.2 Å². The molecule has 0 bridgehead atoms. The zero-order valence-corrected chi connectivity index (χ0v) is 25.0. The molecular formula is C36H39ClN2O4. The summed E-state index contributed by atoms with van der Waals surface area (Å²) in [7, 11) is 0. The molecule has 6 rings (SSSR count). The van der Waals surface area contributed by atoms with Crippen molar-refractivity contribution in [2.45, 2.75) is 56.5 Å². The van der Waals surface area contributed by atoms with Crippen LogP contribution in [0.2, 0.25) is 5.02 Å². The number of ether oxygens (including phenoxy) is 2.